The topological polar surface area (TPSA) is 0 Å². The van der Waals surface area contributed by atoms with Gasteiger partial charge in [0.05, 0.1) is 0 Å². The second-order valence-electron chi connectivity index (χ2n) is 2.01. The molecule has 0 bridgehead atoms. The standard InChI is InChI=1S/C8H9.BrH.Zn/c1-7-5-3-4-6-8(7)2;;/h3,5-6H,1-2H3;1H;/q-1;;+2/p-1. The monoisotopic (exact) mass is 248 g/mol. The summed E-state index contributed by atoms with van der Waals surface area (Å²) in [7, 11) is 0. The molecule has 0 aliphatic heterocycles. The first-order valence-corrected chi connectivity index (χ1v) is 9.95. The number of halogens is 1. The van der Waals surface area contributed by atoms with E-state index in [1.54, 1.807) is 0 Å². The Bertz CT molecular complexity index is 165. The Balaban J connectivity index is 0.000000371. The first kappa shape index (κ1) is 10.3. The van der Waals surface area contributed by atoms with Crippen molar-refractivity contribution >= 4 is 13.6 Å². The number of hydrogen-bond acceptors (Lipinski definition) is 0. The number of rotatable bonds is 0. The van der Waals surface area contributed by atoms with E-state index in [1.165, 1.54) is 27.5 Å². The molecule has 0 radical (unpaired) electrons. The van der Waals surface area contributed by atoms with Gasteiger partial charge in [-0.25, -0.2) is 0 Å². The van der Waals surface area contributed by atoms with Crippen LogP contribution in [-0.2, 0) is 16.3 Å². The van der Waals surface area contributed by atoms with Gasteiger partial charge in [0.25, 0.3) is 0 Å². The zero-order chi connectivity index (χ0) is 7.98. The molecule has 0 amide bonds. The summed E-state index contributed by atoms with van der Waals surface area (Å²) in [5.41, 5.74) is 2.65. The van der Waals surface area contributed by atoms with Crippen molar-refractivity contribution in [2.75, 3.05) is 0 Å². The Morgan fingerprint density at radius 1 is 1.30 bits per heavy atom. The molecule has 0 fully saturated rings. The van der Waals surface area contributed by atoms with Crippen LogP contribution >= 0.6 is 13.6 Å². The summed E-state index contributed by atoms with van der Waals surface area (Å²) in [6.45, 7) is 4.19. The van der Waals surface area contributed by atoms with Crippen LogP contribution in [0, 0.1) is 19.9 Å². The van der Waals surface area contributed by atoms with E-state index in [9.17, 15) is 0 Å². The van der Waals surface area contributed by atoms with Crippen molar-refractivity contribution < 1.29 is 16.3 Å². The first-order valence-electron chi connectivity index (χ1n) is 3.01. The maximum atomic E-state index is 3.06. The molecule has 2 heteroatoms. The van der Waals surface area contributed by atoms with Crippen LogP contribution in [0.4, 0.5) is 0 Å². The molecule has 0 spiro atoms. The molecule has 1 aromatic rings. The Labute approximate surface area is 79.1 Å². The van der Waals surface area contributed by atoms with Gasteiger partial charge >= 0.3 is 30.0 Å². The predicted molar refractivity (Wildman–Crippen MR) is 43.7 cm³/mol. The zero-order valence-corrected chi connectivity index (χ0v) is 10.9. The van der Waals surface area contributed by atoms with Crippen LogP contribution in [-0.4, -0.2) is 0 Å². The molecule has 0 heterocycles. The minimum atomic E-state index is 1.19. The summed E-state index contributed by atoms with van der Waals surface area (Å²) >= 11 is 4.25. The third kappa shape index (κ3) is 3.48. The summed E-state index contributed by atoms with van der Waals surface area (Å²) < 4.78 is 0. The molecule has 0 saturated carbocycles. The molecular weight excluding hydrogens is 241 g/mol. The van der Waals surface area contributed by atoms with Crippen molar-refractivity contribution in [1.29, 1.82) is 0 Å². The number of hydrogen-bond donors (Lipinski definition) is 0. The van der Waals surface area contributed by atoms with Gasteiger partial charge in [-0.2, -0.15) is 35.4 Å². The van der Waals surface area contributed by atoms with Crippen LogP contribution < -0.4 is 0 Å². The average Bonchev–Trinajstić information content (AvgIpc) is 2.00. The second kappa shape index (κ2) is 6.06. The molecule has 0 saturated heterocycles. The van der Waals surface area contributed by atoms with E-state index >= 15 is 0 Å². The van der Waals surface area contributed by atoms with Crippen molar-refractivity contribution in [3.05, 3.63) is 35.4 Å². The van der Waals surface area contributed by atoms with Gasteiger partial charge in [-0.1, -0.05) is 13.8 Å². The fourth-order valence-corrected chi connectivity index (χ4v) is 0.592. The molecule has 0 nitrogen and oxygen atoms in total. The van der Waals surface area contributed by atoms with Gasteiger partial charge in [-0.15, -0.1) is 0 Å². The van der Waals surface area contributed by atoms with Crippen molar-refractivity contribution in [1.82, 2.24) is 0 Å². The Morgan fingerprint density at radius 3 is 2.20 bits per heavy atom. The fraction of sp³-hybridized carbons (Fsp3) is 0.250. The molecule has 0 aliphatic carbocycles. The molecule has 0 aliphatic rings. The summed E-state index contributed by atoms with van der Waals surface area (Å²) in [5.74, 6) is 0. The van der Waals surface area contributed by atoms with Crippen molar-refractivity contribution in [2.45, 2.75) is 13.8 Å². The second-order valence-corrected chi connectivity index (χ2v) is 2.01. The third-order valence-corrected chi connectivity index (χ3v) is 1.35. The Morgan fingerprint density at radius 2 is 1.90 bits per heavy atom. The quantitative estimate of drug-likeness (QED) is 0.490. The molecule has 10 heavy (non-hydrogen) atoms. The minimum absolute atomic E-state index is 1.19. The van der Waals surface area contributed by atoms with Gasteiger partial charge in [-0.05, 0) is 0 Å². The summed E-state index contributed by atoms with van der Waals surface area (Å²) in [4.78, 5) is 0. The Hall–Kier alpha value is 0.323. The van der Waals surface area contributed by atoms with Gasteiger partial charge in [-0.3, -0.25) is 0 Å². The fourth-order valence-electron chi connectivity index (χ4n) is 0.592. The van der Waals surface area contributed by atoms with Crippen molar-refractivity contribution in [2.24, 2.45) is 0 Å². The molecule has 0 aromatic heterocycles. The van der Waals surface area contributed by atoms with Crippen LogP contribution in [0.1, 0.15) is 11.1 Å². The van der Waals surface area contributed by atoms with Gasteiger partial charge in [0.15, 0.2) is 0 Å². The Kier molecular flexibility index (Phi) is 6.26. The zero-order valence-electron chi connectivity index (χ0n) is 6.32. The molecule has 50 valence electrons. The summed E-state index contributed by atoms with van der Waals surface area (Å²) in [6.07, 6.45) is 0. The van der Waals surface area contributed by atoms with Gasteiger partial charge in [0.1, 0.15) is 0 Å². The normalized spacial score (nSPS) is 8.10. The molecular formula is C8H9BrZn. The van der Waals surface area contributed by atoms with E-state index in [0.717, 1.165) is 0 Å². The average molecular weight is 250 g/mol. The maximum absolute atomic E-state index is 3.06. The third-order valence-electron chi connectivity index (χ3n) is 1.35. The number of benzene rings is 1. The van der Waals surface area contributed by atoms with E-state index in [0.29, 0.717) is 0 Å². The van der Waals surface area contributed by atoms with Crippen molar-refractivity contribution in [3.8, 4) is 0 Å². The van der Waals surface area contributed by atoms with E-state index in [4.69, 9.17) is 0 Å². The first-order chi connectivity index (χ1) is 4.80. The number of aryl methyl sites for hydroxylation is 2. The van der Waals surface area contributed by atoms with Crippen LogP contribution in [0.25, 0.3) is 0 Å². The van der Waals surface area contributed by atoms with Crippen LogP contribution in [0.2, 0.25) is 0 Å². The molecule has 1 rings (SSSR count). The van der Waals surface area contributed by atoms with Gasteiger partial charge in [0.2, 0.25) is 0 Å². The SMILES string of the molecule is Cc1c[c-]ccc1C.[Zn+][Br]. The molecule has 0 unspecified atom stereocenters. The van der Waals surface area contributed by atoms with Crippen molar-refractivity contribution in [3.63, 3.8) is 0 Å². The summed E-state index contributed by atoms with van der Waals surface area (Å²) in [6, 6.07) is 8.99. The van der Waals surface area contributed by atoms with Gasteiger partial charge < -0.3 is 0 Å². The predicted octanol–water partition coefficient (Wildman–Crippen LogP) is 2.95. The van der Waals surface area contributed by atoms with E-state index in [2.05, 4.69) is 39.6 Å². The van der Waals surface area contributed by atoms with Gasteiger partial charge in [0, 0.05) is 0 Å². The van der Waals surface area contributed by atoms with E-state index in [-0.39, 0.29) is 0 Å². The molecule has 0 atom stereocenters. The molecule has 0 N–H and O–H groups in total. The van der Waals surface area contributed by atoms with Crippen LogP contribution in [0.3, 0.4) is 0 Å². The van der Waals surface area contributed by atoms with E-state index in [1.807, 2.05) is 12.1 Å². The summed E-state index contributed by atoms with van der Waals surface area (Å²) in [5, 5.41) is 0. The van der Waals surface area contributed by atoms with Crippen LogP contribution in [0.15, 0.2) is 18.2 Å². The van der Waals surface area contributed by atoms with E-state index < -0.39 is 0 Å². The van der Waals surface area contributed by atoms with Crippen LogP contribution in [0.5, 0.6) is 0 Å². The molecule has 1 aromatic carbocycles.